The van der Waals surface area contributed by atoms with Gasteiger partial charge in [-0.2, -0.15) is 5.26 Å². The minimum absolute atomic E-state index is 0.0397. The summed E-state index contributed by atoms with van der Waals surface area (Å²) in [5.74, 6) is -1.92. The van der Waals surface area contributed by atoms with Crippen molar-refractivity contribution in [3.8, 4) is 6.07 Å². The average molecular weight is 307 g/mol. The molecule has 5 nitrogen and oxygen atoms in total. The van der Waals surface area contributed by atoms with Crippen molar-refractivity contribution >= 4 is 17.6 Å². The summed E-state index contributed by atoms with van der Waals surface area (Å²) in [4.78, 5) is 23.1. The topological polar surface area (TPSA) is 93.0 Å². The Labute approximate surface area is 134 Å². The van der Waals surface area contributed by atoms with Crippen LogP contribution in [0.4, 0.5) is 5.69 Å². The van der Waals surface area contributed by atoms with Gasteiger partial charge in [-0.25, -0.2) is 0 Å². The number of aliphatic carboxylic acids is 1. The predicted octanol–water partition coefficient (Wildman–Crippen LogP) is 1.81. The van der Waals surface area contributed by atoms with Crippen molar-refractivity contribution in [1.29, 1.82) is 5.26 Å². The Kier molecular flexibility index (Phi) is 5.48. The molecule has 2 aromatic rings. The molecule has 0 fully saturated rings. The van der Waals surface area contributed by atoms with Gasteiger partial charge in [0.2, 0.25) is 5.91 Å². The zero-order valence-electron chi connectivity index (χ0n) is 12.4. The largest absolute Gasteiger partial charge is 0.550 e. The third-order valence-corrected chi connectivity index (χ3v) is 3.41. The van der Waals surface area contributed by atoms with Crippen molar-refractivity contribution in [3.05, 3.63) is 65.7 Å². The lowest BCUT2D eigenvalue weighted by Crippen LogP contribution is -2.26. The molecule has 5 heteroatoms. The molecule has 0 unspecified atom stereocenters. The van der Waals surface area contributed by atoms with E-state index in [2.05, 4.69) is 5.32 Å². The number of carbonyl (C=O) groups is 2. The highest BCUT2D eigenvalue weighted by molar-refractivity contribution is 5.91. The van der Waals surface area contributed by atoms with Crippen LogP contribution in [0.15, 0.2) is 54.6 Å². The number of benzene rings is 2. The number of nitrogens with one attached hydrogen (secondary N) is 1. The van der Waals surface area contributed by atoms with E-state index in [1.807, 2.05) is 12.1 Å². The number of anilines is 1. The number of carboxylic acid groups (broad SMARTS) is 1. The van der Waals surface area contributed by atoms with Crippen LogP contribution in [0.5, 0.6) is 0 Å². The van der Waals surface area contributed by atoms with E-state index < -0.39 is 11.9 Å². The molecule has 0 spiro atoms. The van der Waals surface area contributed by atoms with Crippen LogP contribution in [0.25, 0.3) is 0 Å². The van der Waals surface area contributed by atoms with Crippen LogP contribution < -0.4 is 10.4 Å². The molecule has 0 radical (unpaired) electrons. The smallest absolute Gasteiger partial charge is 0.224 e. The average Bonchev–Trinajstić information content (AvgIpc) is 2.55. The van der Waals surface area contributed by atoms with Crippen LogP contribution >= 0.6 is 0 Å². The molecule has 0 heterocycles. The minimum atomic E-state index is -1.19. The number of rotatable bonds is 6. The molecule has 1 atom stereocenters. The first-order valence-corrected chi connectivity index (χ1v) is 7.13. The SMILES string of the molecule is N#Cc1ccc(NC(=O)C[C@H](CC(=O)[O-])c2ccccc2)cc1. The second-order valence-corrected chi connectivity index (χ2v) is 5.13. The van der Waals surface area contributed by atoms with Crippen molar-refractivity contribution < 1.29 is 14.7 Å². The molecule has 1 N–H and O–H groups in total. The standard InChI is InChI=1S/C18H16N2O3/c19-12-13-6-8-16(9-7-13)20-17(21)10-15(11-18(22)23)14-4-2-1-3-5-14/h1-9,15H,10-11H2,(H,20,21)(H,22,23)/p-1/t15-/m1/s1. The number of nitrogens with zero attached hydrogens (tertiary/aromatic N) is 1. The minimum Gasteiger partial charge on any atom is -0.550 e. The Morgan fingerprint density at radius 1 is 1.04 bits per heavy atom. The van der Waals surface area contributed by atoms with Gasteiger partial charge < -0.3 is 15.2 Å². The molecule has 1 amide bonds. The summed E-state index contributed by atoms with van der Waals surface area (Å²) >= 11 is 0. The van der Waals surface area contributed by atoms with Crippen LogP contribution in [0, 0.1) is 11.3 Å². The maximum atomic E-state index is 12.1. The Morgan fingerprint density at radius 2 is 1.70 bits per heavy atom. The second-order valence-electron chi connectivity index (χ2n) is 5.13. The normalized spacial score (nSPS) is 11.3. The zero-order chi connectivity index (χ0) is 16.7. The van der Waals surface area contributed by atoms with Crippen molar-refractivity contribution in [2.75, 3.05) is 5.32 Å². The van der Waals surface area contributed by atoms with Gasteiger partial charge in [0, 0.05) is 18.1 Å². The van der Waals surface area contributed by atoms with E-state index in [4.69, 9.17) is 5.26 Å². The molecule has 116 valence electrons. The summed E-state index contributed by atoms with van der Waals surface area (Å²) < 4.78 is 0. The number of nitriles is 1. The Hall–Kier alpha value is -3.13. The van der Waals surface area contributed by atoms with Crippen LogP contribution in [-0.2, 0) is 9.59 Å². The van der Waals surface area contributed by atoms with Crippen molar-refractivity contribution in [2.45, 2.75) is 18.8 Å². The molecular formula is C18H15N2O3-. The fraction of sp³-hybridized carbons (Fsp3) is 0.167. The number of hydrogen-bond donors (Lipinski definition) is 1. The molecule has 2 aromatic carbocycles. The molecular weight excluding hydrogens is 292 g/mol. The molecule has 23 heavy (non-hydrogen) atoms. The van der Waals surface area contributed by atoms with Gasteiger partial charge in [0.25, 0.3) is 0 Å². The first kappa shape index (κ1) is 16.2. The number of hydrogen-bond acceptors (Lipinski definition) is 4. The first-order chi connectivity index (χ1) is 11.1. The maximum absolute atomic E-state index is 12.1. The quantitative estimate of drug-likeness (QED) is 0.880. The molecule has 0 aliphatic heterocycles. The van der Waals surface area contributed by atoms with E-state index in [1.165, 1.54) is 0 Å². The third-order valence-electron chi connectivity index (χ3n) is 3.41. The Morgan fingerprint density at radius 3 is 2.26 bits per heavy atom. The molecule has 0 aliphatic carbocycles. The second kappa shape index (κ2) is 7.76. The van der Waals surface area contributed by atoms with Crippen LogP contribution in [-0.4, -0.2) is 11.9 Å². The van der Waals surface area contributed by atoms with Gasteiger partial charge in [0.1, 0.15) is 0 Å². The van der Waals surface area contributed by atoms with Gasteiger partial charge in [-0.3, -0.25) is 4.79 Å². The van der Waals surface area contributed by atoms with Crippen molar-refractivity contribution in [2.24, 2.45) is 0 Å². The Balaban J connectivity index is 2.05. The molecule has 0 saturated carbocycles. The van der Waals surface area contributed by atoms with E-state index in [-0.39, 0.29) is 18.7 Å². The first-order valence-electron chi connectivity index (χ1n) is 7.13. The van der Waals surface area contributed by atoms with Crippen LogP contribution in [0.2, 0.25) is 0 Å². The van der Waals surface area contributed by atoms with Gasteiger partial charge in [0.15, 0.2) is 0 Å². The van der Waals surface area contributed by atoms with E-state index >= 15 is 0 Å². The molecule has 0 aliphatic rings. The van der Waals surface area contributed by atoms with Crippen LogP contribution in [0.1, 0.15) is 29.9 Å². The highest BCUT2D eigenvalue weighted by Gasteiger charge is 2.16. The maximum Gasteiger partial charge on any atom is 0.224 e. The van der Waals surface area contributed by atoms with Crippen molar-refractivity contribution in [3.63, 3.8) is 0 Å². The summed E-state index contributed by atoms with van der Waals surface area (Å²) in [5, 5.41) is 22.4. The lowest BCUT2D eigenvalue weighted by molar-refractivity contribution is -0.306. The van der Waals surface area contributed by atoms with Crippen LogP contribution in [0.3, 0.4) is 0 Å². The molecule has 0 saturated heterocycles. The molecule has 0 bridgehead atoms. The summed E-state index contributed by atoms with van der Waals surface area (Å²) in [6.45, 7) is 0. The lowest BCUT2D eigenvalue weighted by Gasteiger charge is -2.17. The predicted molar refractivity (Wildman–Crippen MR) is 83.2 cm³/mol. The van der Waals surface area contributed by atoms with Gasteiger partial charge in [0.05, 0.1) is 11.6 Å². The van der Waals surface area contributed by atoms with Gasteiger partial charge in [-0.05, 0) is 42.2 Å². The van der Waals surface area contributed by atoms with E-state index in [1.54, 1.807) is 48.5 Å². The number of amides is 1. The van der Waals surface area contributed by atoms with Gasteiger partial charge in [-0.15, -0.1) is 0 Å². The number of carboxylic acids is 1. The molecule has 0 aromatic heterocycles. The summed E-state index contributed by atoms with van der Waals surface area (Å²) in [6.07, 6.45) is -0.178. The lowest BCUT2D eigenvalue weighted by atomic mass is 9.92. The van der Waals surface area contributed by atoms with E-state index in [0.717, 1.165) is 5.56 Å². The summed E-state index contributed by atoms with van der Waals surface area (Å²) in [6, 6.07) is 17.5. The van der Waals surface area contributed by atoms with Gasteiger partial charge in [-0.1, -0.05) is 30.3 Å². The monoisotopic (exact) mass is 307 g/mol. The Bertz CT molecular complexity index is 718. The zero-order valence-corrected chi connectivity index (χ0v) is 12.4. The van der Waals surface area contributed by atoms with E-state index in [0.29, 0.717) is 11.3 Å². The fourth-order valence-corrected chi connectivity index (χ4v) is 2.30. The third kappa shape index (κ3) is 4.97. The number of carbonyl (C=O) groups excluding carboxylic acids is 2. The highest BCUT2D eigenvalue weighted by atomic mass is 16.4. The molecule has 2 rings (SSSR count). The van der Waals surface area contributed by atoms with Gasteiger partial charge >= 0.3 is 0 Å². The van der Waals surface area contributed by atoms with E-state index in [9.17, 15) is 14.7 Å². The highest BCUT2D eigenvalue weighted by Crippen LogP contribution is 2.23. The fourth-order valence-electron chi connectivity index (χ4n) is 2.30. The summed E-state index contributed by atoms with van der Waals surface area (Å²) in [7, 11) is 0. The van der Waals surface area contributed by atoms with Crippen molar-refractivity contribution in [1.82, 2.24) is 0 Å². The summed E-state index contributed by atoms with van der Waals surface area (Å²) in [5.41, 5.74) is 1.85.